The van der Waals surface area contributed by atoms with Crippen LogP contribution in [0.15, 0.2) is 42.5 Å². The van der Waals surface area contributed by atoms with E-state index in [1.165, 1.54) is 6.07 Å². The Kier molecular flexibility index (Phi) is 5.71. The molecule has 5 heteroatoms. The van der Waals surface area contributed by atoms with Gasteiger partial charge in [-0.25, -0.2) is 4.39 Å². The highest BCUT2D eigenvalue weighted by Crippen LogP contribution is 2.15. The predicted octanol–water partition coefficient (Wildman–Crippen LogP) is 3.21. The normalized spacial score (nSPS) is 10.7. The fraction of sp³-hybridized carbons (Fsp3) is 0.278. The topological polar surface area (TPSA) is 41.6 Å². The standard InChI is InChI=1S/C18H21FN2O2/c1-13-7-8-15(10-17(13)19)20-18(22)12-21(2)11-14-5-4-6-16(9-14)23-3/h4-10H,11-12H2,1-3H3,(H,20,22). The highest BCUT2D eigenvalue weighted by atomic mass is 19.1. The molecule has 0 aliphatic heterocycles. The van der Waals surface area contributed by atoms with Crippen LogP contribution in [0, 0.1) is 12.7 Å². The Balaban J connectivity index is 1.90. The van der Waals surface area contributed by atoms with Gasteiger partial charge in [0.15, 0.2) is 0 Å². The molecule has 0 bridgehead atoms. The fourth-order valence-corrected chi connectivity index (χ4v) is 2.25. The molecule has 0 saturated carbocycles. The van der Waals surface area contributed by atoms with E-state index in [2.05, 4.69) is 5.32 Å². The molecule has 0 aromatic heterocycles. The van der Waals surface area contributed by atoms with Gasteiger partial charge in [-0.15, -0.1) is 0 Å². The molecule has 2 aromatic carbocycles. The van der Waals surface area contributed by atoms with E-state index in [1.807, 2.05) is 36.2 Å². The van der Waals surface area contributed by atoms with Gasteiger partial charge in [-0.3, -0.25) is 9.69 Å². The number of hydrogen-bond acceptors (Lipinski definition) is 3. The lowest BCUT2D eigenvalue weighted by Crippen LogP contribution is -2.29. The van der Waals surface area contributed by atoms with Gasteiger partial charge in [-0.05, 0) is 49.4 Å². The summed E-state index contributed by atoms with van der Waals surface area (Å²) < 4.78 is 18.7. The molecule has 0 radical (unpaired) electrons. The maximum Gasteiger partial charge on any atom is 0.238 e. The SMILES string of the molecule is COc1cccc(CN(C)CC(=O)Nc2ccc(C)c(F)c2)c1. The first-order chi connectivity index (χ1) is 11.0. The second-order valence-corrected chi connectivity index (χ2v) is 5.54. The van der Waals surface area contributed by atoms with Crippen LogP contribution < -0.4 is 10.1 Å². The number of hydrogen-bond donors (Lipinski definition) is 1. The van der Waals surface area contributed by atoms with Gasteiger partial charge in [0.1, 0.15) is 11.6 Å². The second kappa shape index (κ2) is 7.74. The van der Waals surface area contributed by atoms with Gasteiger partial charge in [0, 0.05) is 12.2 Å². The zero-order chi connectivity index (χ0) is 16.8. The summed E-state index contributed by atoms with van der Waals surface area (Å²) in [6, 6.07) is 12.4. The van der Waals surface area contributed by atoms with Crippen molar-refractivity contribution in [1.82, 2.24) is 4.90 Å². The van der Waals surface area contributed by atoms with E-state index in [1.54, 1.807) is 26.2 Å². The molecule has 0 unspecified atom stereocenters. The van der Waals surface area contributed by atoms with Gasteiger partial charge in [-0.2, -0.15) is 0 Å². The Bertz CT molecular complexity index is 688. The summed E-state index contributed by atoms with van der Waals surface area (Å²) in [4.78, 5) is 13.9. The van der Waals surface area contributed by atoms with E-state index in [0.29, 0.717) is 17.8 Å². The van der Waals surface area contributed by atoms with E-state index < -0.39 is 0 Å². The van der Waals surface area contributed by atoms with Crippen LogP contribution in [0.5, 0.6) is 5.75 Å². The number of amides is 1. The number of aryl methyl sites for hydroxylation is 1. The number of benzene rings is 2. The maximum atomic E-state index is 13.5. The summed E-state index contributed by atoms with van der Waals surface area (Å²) in [6.45, 7) is 2.52. The van der Waals surface area contributed by atoms with Gasteiger partial charge < -0.3 is 10.1 Å². The zero-order valence-electron chi connectivity index (χ0n) is 13.6. The molecule has 0 heterocycles. The quantitative estimate of drug-likeness (QED) is 0.890. The van der Waals surface area contributed by atoms with Crippen molar-refractivity contribution < 1.29 is 13.9 Å². The van der Waals surface area contributed by atoms with E-state index in [0.717, 1.165) is 11.3 Å². The minimum atomic E-state index is -0.326. The van der Waals surface area contributed by atoms with Crippen LogP contribution in [0.25, 0.3) is 0 Å². The Hall–Kier alpha value is -2.40. The van der Waals surface area contributed by atoms with E-state index in [4.69, 9.17) is 4.74 Å². The van der Waals surface area contributed by atoms with Crippen molar-refractivity contribution in [3.05, 3.63) is 59.4 Å². The van der Waals surface area contributed by atoms with Gasteiger partial charge in [-0.1, -0.05) is 18.2 Å². The molecule has 0 spiro atoms. The lowest BCUT2D eigenvalue weighted by atomic mass is 10.2. The van der Waals surface area contributed by atoms with Gasteiger partial charge in [0.2, 0.25) is 5.91 Å². The molecule has 4 nitrogen and oxygen atoms in total. The summed E-state index contributed by atoms with van der Waals surface area (Å²) >= 11 is 0. The highest BCUT2D eigenvalue weighted by molar-refractivity contribution is 5.92. The third-order valence-electron chi connectivity index (χ3n) is 3.46. The number of carbonyl (C=O) groups excluding carboxylic acids is 1. The van der Waals surface area contributed by atoms with Gasteiger partial charge in [0.25, 0.3) is 0 Å². The highest BCUT2D eigenvalue weighted by Gasteiger charge is 2.09. The smallest absolute Gasteiger partial charge is 0.238 e. The van der Waals surface area contributed by atoms with Crippen molar-refractivity contribution in [3.8, 4) is 5.75 Å². The molecule has 0 saturated heterocycles. The van der Waals surface area contributed by atoms with Crippen molar-refractivity contribution in [2.24, 2.45) is 0 Å². The van der Waals surface area contributed by atoms with E-state index in [9.17, 15) is 9.18 Å². The van der Waals surface area contributed by atoms with Crippen molar-refractivity contribution >= 4 is 11.6 Å². The van der Waals surface area contributed by atoms with Crippen LogP contribution in [-0.4, -0.2) is 31.5 Å². The lowest BCUT2D eigenvalue weighted by Gasteiger charge is -2.17. The van der Waals surface area contributed by atoms with Gasteiger partial charge >= 0.3 is 0 Å². The molecule has 2 rings (SSSR count). The van der Waals surface area contributed by atoms with Crippen molar-refractivity contribution in [3.63, 3.8) is 0 Å². The molecular formula is C18H21FN2O2. The zero-order valence-corrected chi connectivity index (χ0v) is 13.6. The molecule has 0 atom stereocenters. The first-order valence-electron chi connectivity index (χ1n) is 7.35. The third kappa shape index (κ3) is 5.07. The average Bonchev–Trinajstić information content (AvgIpc) is 2.51. The van der Waals surface area contributed by atoms with Crippen LogP contribution in [0.3, 0.4) is 0 Å². The summed E-state index contributed by atoms with van der Waals surface area (Å²) in [5, 5.41) is 2.70. The number of methoxy groups -OCH3 is 1. The molecule has 122 valence electrons. The molecule has 1 amide bonds. The Morgan fingerprint density at radius 1 is 1.26 bits per heavy atom. The van der Waals surface area contributed by atoms with Crippen LogP contribution in [0.4, 0.5) is 10.1 Å². The average molecular weight is 316 g/mol. The molecule has 0 fully saturated rings. The molecule has 1 N–H and O–H groups in total. The van der Waals surface area contributed by atoms with E-state index in [-0.39, 0.29) is 18.3 Å². The number of rotatable bonds is 6. The molecular weight excluding hydrogens is 295 g/mol. The van der Waals surface area contributed by atoms with Crippen LogP contribution in [-0.2, 0) is 11.3 Å². The molecule has 0 aliphatic rings. The fourth-order valence-electron chi connectivity index (χ4n) is 2.25. The van der Waals surface area contributed by atoms with Crippen molar-refractivity contribution in [2.75, 3.05) is 26.0 Å². The summed E-state index contributed by atoms with van der Waals surface area (Å²) in [5.41, 5.74) is 2.08. The molecule has 2 aromatic rings. The van der Waals surface area contributed by atoms with Crippen LogP contribution in [0.2, 0.25) is 0 Å². The number of nitrogens with one attached hydrogen (secondary N) is 1. The predicted molar refractivity (Wildman–Crippen MR) is 89.1 cm³/mol. The minimum absolute atomic E-state index is 0.182. The van der Waals surface area contributed by atoms with Crippen molar-refractivity contribution in [1.29, 1.82) is 0 Å². The monoisotopic (exact) mass is 316 g/mol. The largest absolute Gasteiger partial charge is 0.497 e. The number of nitrogens with zero attached hydrogens (tertiary/aromatic N) is 1. The summed E-state index contributed by atoms with van der Waals surface area (Å²) in [7, 11) is 3.48. The van der Waals surface area contributed by atoms with Crippen LogP contribution >= 0.6 is 0 Å². The Morgan fingerprint density at radius 3 is 2.74 bits per heavy atom. The minimum Gasteiger partial charge on any atom is -0.497 e. The Morgan fingerprint density at radius 2 is 2.04 bits per heavy atom. The Labute approximate surface area is 135 Å². The van der Waals surface area contributed by atoms with E-state index >= 15 is 0 Å². The molecule has 0 aliphatic carbocycles. The number of anilines is 1. The lowest BCUT2D eigenvalue weighted by molar-refractivity contribution is -0.117. The van der Waals surface area contributed by atoms with Crippen molar-refractivity contribution in [2.45, 2.75) is 13.5 Å². The number of likely N-dealkylation sites (N-methyl/N-ethyl adjacent to an activating group) is 1. The number of carbonyl (C=O) groups is 1. The molecule has 23 heavy (non-hydrogen) atoms. The summed E-state index contributed by atoms with van der Waals surface area (Å²) in [6.07, 6.45) is 0. The second-order valence-electron chi connectivity index (χ2n) is 5.54. The summed E-state index contributed by atoms with van der Waals surface area (Å²) in [5.74, 6) is 0.279. The first-order valence-corrected chi connectivity index (χ1v) is 7.35. The third-order valence-corrected chi connectivity index (χ3v) is 3.46. The van der Waals surface area contributed by atoms with Gasteiger partial charge in [0.05, 0.1) is 13.7 Å². The van der Waals surface area contributed by atoms with Crippen LogP contribution in [0.1, 0.15) is 11.1 Å². The number of ether oxygens (including phenoxy) is 1. The number of halogens is 1. The maximum absolute atomic E-state index is 13.5. The first kappa shape index (κ1) is 17.0.